The van der Waals surface area contributed by atoms with Crippen molar-refractivity contribution >= 4 is 35.0 Å². The maximum absolute atomic E-state index is 13.0. The molecule has 0 aromatic heterocycles. The normalized spacial score (nSPS) is 16.2. The molecule has 0 unspecified atom stereocenters. The molecule has 2 aromatic rings. The van der Waals surface area contributed by atoms with E-state index in [1.54, 1.807) is 12.1 Å². The van der Waals surface area contributed by atoms with Crippen LogP contribution in [0.1, 0.15) is 31.2 Å². The third-order valence-electron chi connectivity index (χ3n) is 5.42. The highest BCUT2D eigenvalue weighted by Gasteiger charge is 2.31. The molecule has 0 spiro atoms. The Morgan fingerprint density at radius 1 is 1.11 bits per heavy atom. The maximum atomic E-state index is 13.0. The number of hydrogen-bond acceptors (Lipinski definition) is 3. The zero-order chi connectivity index (χ0) is 19.5. The van der Waals surface area contributed by atoms with Gasteiger partial charge in [-0.3, -0.25) is 9.59 Å². The first-order chi connectivity index (χ1) is 13.6. The van der Waals surface area contributed by atoms with Gasteiger partial charge in [-0.2, -0.15) is 0 Å². The van der Waals surface area contributed by atoms with Gasteiger partial charge in [0, 0.05) is 28.7 Å². The molecule has 2 amide bonds. The molecule has 2 aromatic carbocycles. The number of nitrogens with zero attached hydrogens (tertiary/aromatic N) is 1. The van der Waals surface area contributed by atoms with E-state index in [1.807, 2.05) is 23.1 Å². The number of fused-ring (bicyclic) bond motifs is 1. The molecule has 2 aliphatic rings. The van der Waals surface area contributed by atoms with E-state index in [2.05, 4.69) is 5.32 Å². The van der Waals surface area contributed by atoms with Gasteiger partial charge < -0.3 is 10.2 Å². The first kappa shape index (κ1) is 19.0. The van der Waals surface area contributed by atoms with Crippen LogP contribution >= 0.6 is 11.8 Å². The number of benzene rings is 2. The molecule has 4 nitrogen and oxygen atoms in total. The van der Waals surface area contributed by atoms with Crippen molar-refractivity contribution < 1.29 is 14.0 Å². The van der Waals surface area contributed by atoms with Crippen LogP contribution in [0.3, 0.4) is 0 Å². The summed E-state index contributed by atoms with van der Waals surface area (Å²) in [6, 6.07) is 11.9. The fourth-order valence-electron chi connectivity index (χ4n) is 3.96. The minimum absolute atomic E-state index is 0.124. The van der Waals surface area contributed by atoms with Crippen molar-refractivity contribution in [3.8, 4) is 0 Å². The second-order valence-corrected chi connectivity index (χ2v) is 8.40. The third-order valence-corrected chi connectivity index (χ3v) is 6.43. The fourth-order valence-corrected chi connectivity index (χ4v) is 4.65. The average molecular weight is 399 g/mol. The number of hydrogen-bond donors (Lipinski definition) is 1. The molecule has 1 N–H and O–H groups in total. The van der Waals surface area contributed by atoms with Gasteiger partial charge in [-0.05, 0) is 61.2 Å². The monoisotopic (exact) mass is 398 g/mol. The highest BCUT2D eigenvalue weighted by atomic mass is 32.2. The molecular weight excluding hydrogens is 375 g/mol. The zero-order valence-corrected chi connectivity index (χ0v) is 16.4. The van der Waals surface area contributed by atoms with Gasteiger partial charge in [-0.15, -0.1) is 11.8 Å². The predicted molar refractivity (Wildman–Crippen MR) is 110 cm³/mol. The van der Waals surface area contributed by atoms with E-state index in [9.17, 15) is 14.0 Å². The molecular formula is C22H23FN2O2S. The Labute approximate surface area is 168 Å². The van der Waals surface area contributed by atoms with E-state index in [4.69, 9.17) is 0 Å². The number of rotatable bonds is 5. The SMILES string of the molecule is O=C(CSc1ccc(F)cc1)Nc1ccc2c(c1)N(C(=O)C1CCCC1)CC2. The van der Waals surface area contributed by atoms with E-state index < -0.39 is 0 Å². The topological polar surface area (TPSA) is 49.4 Å². The van der Waals surface area contributed by atoms with Crippen LogP contribution in [0.15, 0.2) is 47.4 Å². The lowest BCUT2D eigenvalue weighted by Gasteiger charge is -2.21. The molecule has 1 aliphatic heterocycles. The third kappa shape index (κ3) is 4.22. The molecule has 4 rings (SSSR count). The summed E-state index contributed by atoms with van der Waals surface area (Å²) in [7, 11) is 0. The number of carbonyl (C=O) groups is 2. The smallest absolute Gasteiger partial charge is 0.234 e. The Kier molecular flexibility index (Phi) is 5.67. The summed E-state index contributed by atoms with van der Waals surface area (Å²) >= 11 is 1.36. The Balaban J connectivity index is 1.39. The molecule has 0 atom stereocenters. The van der Waals surface area contributed by atoms with Gasteiger partial charge in [0.05, 0.1) is 5.75 Å². The summed E-state index contributed by atoms with van der Waals surface area (Å²) < 4.78 is 13.0. The van der Waals surface area contributed by atoms with Crippen molar-refractivity contribution in [2.75, 3.05) is 22.5 Å². The standard InChI is InChI=1S/C22H23FN2O2S/c23-17-6-9-19(10-7-17)28-14-21(26)24-18-8-5-15-11-12-25(20(15)13-18)22(27)16-3-1-2-4-16/h5-10,13,16H,1-4,11-12,14H2,(H,24,26). The van der Waals surface area contributed by atoms with Crippen LogP contribution in [-0.2, 0) is 16.0 Å². The lowest BCUT2D eigenvalue weighted by molar-refractivity contribution is -0.122. The minimum atomic E-state index is -0.288. The van der Waals surface area contributed by atoms with Gasteiger partial charge in [-0.1, -0.05) is 18.9 Å². The summed E-state index contributed by atoms with van der Waals surface area (Å²) in [5.41, 5.74) is 2.79. The van der Waals surface area contributed by atoms with Gasteiger partial charge in [0.2, 0.25) is 11.8 Å². The van der Waals surface area contributed by atoms with Crippen LogP contribution in [0, 0.1) is 11.7 Å². The number of carbonyl (C=O) groups excluding carboxylic acids is 2. The molecule has 1 heterocycles. The first-order valence-corrected chi connectivity index (χ1v) is 10.7. The molecule has 28 heavy (non-hydrogen) atoms. The highest BCUT2D eigenvalue weighted by Crippen LogP contribution is 2.35. The number of nitrogens with one attached hydrogen (secondary N) is 1. The Morgan fingerprint density at radius 3 is 2.61 bits per heavy atom. The van der Waals surface area contributed by atoms with Gasteiger partial charge >= 0.3 is 0 Å². The van der Waals surface area contributed by atoms with E-state index in [0.29, 0.717) is 5.69 Å². The van der Waals surface area contributed by atoms with Crippen molar-refractivity contribution in [3.63, 3.8) is 0 Å². The summed E-state index contributed by atoms with van der Waals surface area (Å²) in [6.07, 6.45) is 5.11. The Bertz CT molecular complexity index is 879. The van der Waals surface area contributed by atoms with Crippen LogP contribution in [0.4, 0.5) is 15.8 Å². The fraction of sp³-hybridized carbons (Fsp3) is 0.364. The highest BCUT2D eigenvalue weighted by molar-refractivity contribution is 8.00. The van der Waals surface area contributed by atoms with Crippen LogP contribution < -0.4 is 10.2 Å². The number of halogens is 1. The molecule has 0 bridgehead atoms. The van der Waals surface area contributed by atoms with Crippen molar-refractivity contribution in [1.82, 2.24) is 0 Å². The van der Waals surface area contributed by atoms with Crippen molar-refractivity contribution in [2.45, 2.75) is 37.0 Å². The number of amides is 2. The van der Waals surface area contributed by atoms with E-state index >= 15 is 0 Å². The second-order valence-electron chi connectivity index (χ2n) is 7.36. The largest absolute Gasteiger partial charge is 0.325 e. The Morgan fingerprint density at radius 2 is 1.86 bits per heavy atom. The van der Waals surface area contributed by atoms with Gasteiger partial charge in [-0.25, -0.2) is 4.39 Å². The minimum Gasteiger partial charge on any atom is -0.325 e. The van der Waals surface area contributed by atoms with E-state index in [0.717, 1.165) is 54.8 Å². The molecule has 0 saturated heterocycles. The molecule has 1 aliphatic carbocycles. The number of anilines is 2. The lowest BCUT2D eigenvalue weighted by atomic mass is 10.1. The lowest BCUT2D eigenvalue weighted by Crippen LogP contribution is -2.33. The van der Waals surface area contributed by atoms with E-state index in [-0.39, 0.29) is 29.3 Å². The van der Waals surface area contributed by atoms with Crippen molar-refractivity contribution in [3.05, 3.63) is 53.8 Å². The van der Waals surface area contributed by atoms with Gasteiger partial charge in [0.1, 0.15) is 5.82 Å². The van der Waals surface area contributed by atoms with Gasteiger partial charge in [0.15, 0.2) is 0 Å². The summed E-state index contributed by atoms with van der Waals surface area (Å²) in [4.78, 5) is 27.9. The maximum Gasteiger partial charge on any atom is 0.234 e. The molecule has 0 radical (unpaired) electrons. The summed E-state index contributed by atoms with van der Waals surface area (Å²) in [5.74, 6) is 0.209. The molecule has 1 saturated carbocycles. The van der Waals surface area contributed by atoms with Crippen molar-refractivity contribution in [1.29, 1.82) is 0 Å². The number of thioether (sulfide) groups is 1. The quantitative estimate of drug-likeness (QED) is 0.747. The van der Waals surface area contributed by atoms with Gasteiger partial charge in [0.25, 0.3) is 0 Å². The summed E-state index contributed by atoms with van der Waals surface area (Å²) in [5, 5.41) is 2.91. The molecule has 1 fully saturated rings. The Hall–Kier alpha value is -2.34. The van der Waals surface area contributed by atoms with Crippen LogP contribution in [0.2, 0.25) is 0 Å². The second kappa shape index (κ2) is 8.35. The average Bonchev–Trinajstić information content (AvgIpc) is 3.37. The van der Waals surface area contributed by atoms with E-state index in [1.165, 1.54) is 23.9 Å². The van der Waals surface area contributed by atoms with Crippen molar-refractivity contribution in [2.24, 2.45) is 5.92 Å². The first-order valence-electron chi connectivity index (χ1n) is 9.73. The van der Waals surface area contributed by atoms with Crippen LogP contribution in [-0.4, -0.2) is 24.1 Å². The zero-order valence-electron chi connectivity index (χ0n) is 15.6. The predicted octanol–water partition coefficient (Wildman–Crippen LogP) is 4.64. The van der Waals surface area contributed by atoms with Crippen LogP contribution in [0.25, 0.3) is 0 Å². The van der Waals surface area contributed by atoms with Crippen LogP contribution in [0.5, 0.6) is 0 Å². The summed E-state index contributed by atoms with van der Waals surface area (Å²) in [6.45, 7) is 0.725. The molecule has 146 valence electrons. The molecule has 6 heteroatoms.